The molecule has 0 unspecified atom stereocenters. The molecular weight excluding hydrogens is 454 g/mol. The van der Waals surface area contributed by atoms with Crippen LogP contribution in [-0.4, -0.2) is 45.0 Å². The zero-order valence-corrected chi connectivity index (χ0v) is 18.9. The summed E-state index contributed by atoms with van der Waals surface area (Å²) in [5.74, 6) is 2.30. The molecule has 0 saturated carbocycles. The highest BCUT2D eigenvalue weighted by Crippen LogP contribution is 2.41. The lowest BCUT2D eigenvalue weighted by Crippen LogP contribution is -2.42. The van der Waals surface area contributed by atoms with Gasteiger partial charge in [-0.2, -0.15) is 0 Å². The summed E-state index contributed by atoms with van der Waals surface area (Å²) in [4.78, 5) is 26.0. The Labute approximate surface area is 201 Å². The van der Waals surface area contributed by atoms with Crippen LogP contribution in [-0.2, 0) is 4.74 Å². The zero-order chi connectivity index (χ0) is 24.2. The largest absolute Gasteiger partial charge is 0.497 e. The molecule has 0 fully saturated rings. The summed E-state index contributed by atoms with van der Waals surface area (Å²) < 4.78 is 33.4. The number of benzene rings is 3. The fourth-order valence-electron chi connectivity index (χ4n) is 3.86. The van der Waals surface area contributed by atoms with Crippen LogP contribution in [0.3, 0.4) is 0 Å². The SMILES string of the molecule is COc1ccc2c(c1)O[C@H](c1ccc3c(c1)OCO3)[C@@H](OC(=O)NCCOc1ccccc1)C2=O. The summed E-state index contributed by atoms with van der Waals surface area (Å²) in [5, 5.41) is 2.62. The molecule has 5 rings (SSSR count). The van der Waals surface area contributed by atoms with Crippen LogP contribution in [0.15, 0.2) is 66.7 Å². The van der Waals surface area contributed by atoms with E-state index in [2.05, 4.69) is 5.32 Å². The van der Waals surface area contributed by atoms with Crippen molar-refractivity contribution in [2.24, 2.45) is 0 Å². The second-order valence-electron chi connectivity index (χ2n) is 7.79. The minimum absolute atomic E-state index is 0.108. The third kappa shape index (κ3) is 4.79. The lowest BCUT2D eigenvalue weighted by Gasteiger charge is -2.32. The Morgan fingerprint density at radius 2 is 1.80 bits per heavy atom. The van der Waals surface area contributed by atoms with Crippen LogP contribution in [0.1, 0.15) is 22.0 Å². The summed E-state index contributed by atoms with van der Waals surface area (Å²) in [7, 11) is 1.53. The molecule has 2 heterocycles. The van der Waals surface area contributed by atoms with Crippen LogP contribution in [0.5, 0.6) is 28.7 Å². The second-order valence-corrected chi connectivity index (χ2v) is 7.79. The van der Waals surface area contributed by atoms with Crippen molar-refractivity contribution in [3.8, 4) is 28.7 Å². The summed E-state index contributed by atoms with van der Waals surface area (Å²) in [6.07, 6.45) is -2.87. The number of rotatable bonds is 7. The van der Waals surface area contributed by atoms with E-state index in [0.717, 1.165) is 0 Å². The minimum Gasteiger partial charge on any atom is -0.497 e. The number of hydrogen-bond acceptors (Lipinski definition) is 8. The van der Waals surface area contributed by atoms with Gasteiger partial charge >= 0.3 is 6.09 Å². The molecule has 3 aromatic rings. The lowest BCUT2D eigenvalue weighted by molar-refractivity contribution is 0.00880. The van der Waals surface area contributed by atoms with Crippen molar-refractivity contribution in [1.29, 1.82) is 0 Å². The molecule has 1 amide bonds. The first-order valence-electron chi connectivity index (χ1n) is 11.0. The Bertz CT molecular complexity index is 1230. The first-order valence-corrected chi connectivity index (χ1v) is 11.0. The molecule has 2 aliphatic heterocycles. The fourth-order valence-corrected chi connectivity index (χ4v) is 3.86. The molecule has 9 nitrogen and oxygen atoms in total. The van der Waals surface area contributed by atoms with Gasteiger partial charge in [-0.1, -0.05) is 24.3 Å². The minimum atomic E-state index is -1.22. The van der Waals surface area contributed by atoms with E-state index in [1.54, 1.807) is 36.4 Å². The van der Waals surface area contributed by atoms with E-state index < -0.39 is 18.3 Å². The quantitative estimate of drug-likeness (QED) is 0.511. The molecule has 0 radical (unpaired) electrons. The summed E-state index contributed by atoms with van der Waals surface area (Å²) in [5.41, 5.74) is 0.897. The maximum atomic E-state index is 13.4. The van der Waals surface area contributed by atoms with Crippen LogP contribution >= 0.6 is 0 Å². The Hall–Kier alpha value is -4.40. The van der Waals surface area contributed by atoms with Crippen molar-refractivity contribution < 1.29 is 38.0 Å². The zero-order valence-electron chi connectivity index (χ0n) is 18.9. The summed E-state index contributed by atoms with van der Waals surface area (Å²) >= 11 is 0. The van der Waals surface area contributed by atoms with Crippen molar-refractivity contribution in [3.05, 3.63) is 77.9 Å². The van der Waals surface area contributed by atoms with Crippen molar-refractivity contribution >= 4 is 11.9 Å². The molecule has 9 heteroatoms. The number of hydrogen-bond donors (Lipinski definition) is 1. The van der Waals surface area contributed by atoms with E-state index in [4.69, 9.17) is 28.4 Å². The van der Waals surface area contributed by atoms with Crippen LogP contribution < -0.4 is 29.0 Å². The number of ketones is 1. The van der Waals surface area contributed by atoms with Gasteiger partial charge in [0.25, 0.3) is 0 Å². The molecule has 0 aliphatic carbocycles. The highest BCUT2D eigenvalue weighted by atomic mass is 16.7. The van der Waals surface area contributed by atoms with Gasteiger partial charge in [0, 0.05) is 11.6 Å². The normalized spacial score (nSPS) is 17.7. The van der Waals surface area contributed by atoms with Crippen LogP contribution in [0.2, 0.25) is 0 Å². The average molecular weight is 477 g/mol. The Kier molecular flexibility index (Phi) is 6.30. The molecular formula is C26H23NO8. The average Bonchev–Trinajstić information content (AvgIpc) is 3.36. The summed E-state index contributed by atoms with van der Waals surface area (Å²) in [6.45, 7) is 0.539. The standard InChI is InChI=1S/C26H23NO8/c1-30-18-8-9-19-21(14-18)34-24(16-7-10-20-22(13-16)33-15-32-20)25(23(19)28)35-26(29)27-11-12-31-17-5-3-2-4-6-17/h2-10,13-14,24-25H,11-12,15H2,1H3,(H,27,29)/t24-,25+/m1/s1. The number of carbonyl (C=O) groups excluding carboxylic acids is 2. The molecule has 180 valence electrons. The van der Waals surface area contributed by atoms with Crippen molar-refractivity contribution in [3.63, 3.8) is 0 Å². The number of methoxy groups -OCH3 is 1. The van der Waals surface area contributed by atoms with E-state index in [1.165, 1.54) is 7.11 Å². The van der Waals surface area contributed by atoms with Gasteiger partial charge in [0.2, 0.25) is 18.7 Å². The Morgan fingerprint density at radius 3 is 2.63 bits per heavy atom. The van der Waals surface area contributed by atoms with E-state index in [9.17, 15) is 9.59 Å². The first kappa shape index (κ1) is 22.4. The van der Waals surface area contributed by atoms with Gasteiger partial charge in [-0.05, 0) is 36.4 Å². The molecule has 1 N–H and O–H groups in total. The Balaban J connectivity index is 1.32. The van der Waals surface area contributed by atoms with Gasteiger partial charge in [-0.15, -0.1) is 0 Å². The van der Waals surface area contributed by atoms with Gasteiger partial charge in [0.15, 0.2) is 17.6 Å². The van der Waals surface area contributed by atoms with Crippen molar-refractivity contribution in [2.45, 2.75) is 12.2 Å². The first-order chi connectivity index (χ1) is 17.1. The molecule has 2 aliphatic rings. The lowest BCUT2D eigenvalue weighted by atomic mass is 9.93. The number of nitrogens with one attached hydrogen (secondary N) is 1. The molecule has 0 saturated heterocycles. The highest BCUT2D eigenvalue weighted by molar-refractivity contribution is 6.04. The van der Waals surface area contributed by atoms with Gasteiger partial charge in [0.05, 0.1) is 19.2 Å². The smallest absolute Gasteiger partial charge is 0.408 e. The van der Waals surface area contributed by atoms with Crippen LogP contribution in [0.4, 0.5) is 4.79 Å². The van der Waals surface area contributed by atoms with Crippen LogP contribution in [0.25, 0.3) is 0 Å². The molecule has 0 aromatic heterocycles. The molecule has 0 spiro atoms. The van der Waals surface area contributed by atoms with Crippen molar-refractivity contribution in [2.75, 3.05) is 27.1 Å². The number of para-hydroxylation sites is 1. The van der Waals surface area contributed by atoms with Gasteiger partial charge in [-0.25, -0.2) is 4.79 Å². The molecule has 35 heavy (non-hydrogen) atoms. The van der Waals surface area contributed by atoms with Crippen molar-refractivity contribution in [1.82, 2.24) is 5.32 Å². The number of ether oxygens (including phenoxy) is 6. The van der Waals surface area contributed by atoms with E-state index in [1.807, 2.05) is 30.3 Å². The maximum absolute atomic E-state index is 13.4. The molecule has 2 atom stereocenters. The number of amides is 1. The third-order valence-electron chi connectivity index (χ3n) is 5.58. The monoisotopic (exact) mass is 477 g/mol. The van der Waals surface area contributed by atoms with E-state index in [-0.39, 0.29) is 25.7 Å². The van der Waals surface area contributed by atoms with E-state index in [0.29, 0.717) is 39.9 Å². The highest BCUT2D eigenvalue weighted by Gasteiger charge is 2.42. The van der Waals surface area contributed by atoms with Gasteiger partial charge in [0.1, 0.15) is 23.9 Å². The summed E-state index contributed by atoms with van der Waals surface area (Å²) in [6, 6.07) is 19.3. The topological polar surface area (TPSA) is 102 Å². The molecule has 3 aromatic carbocycles. The number of alkyl carbamates (subject to hydrolysis) is 1. The number of Topliss-reactive ketones (excluding diaryl/α,β-unsaturated/α-hetero) is 1. The van der Waals surface area contributed by atoms with Gasteiger partial charge < -0.3 is 33.7 Å². The third-order valence-corrected chi connectivity index (χ3v) is 5.58. The maximum Gasteiger partial charge on any atom is 0.408 e. The van der Waals surface area contributed by atoms with E-state index >= 15 is 0 Å². The van der Waals surface area contributed by atoms with Gasteiger partial charge in [-0.3, -0.25) is 4.79 Å². The number of fused-ring (bicyclic) bond motifs is 2. The predicted octanol–water partition coefficient (Wildman–Crippen LogP) is 3.91. The fraction of sp³-hybridized carbons (Fsp3) is 0.231. The predicted molar refractivity (Wildman–Crippen MR) is 123 cm³/mol. The Morgan fingerprint density at radius 1 is 0.971 bits per heavy atom. The number of carbonyl (C=O) groups is 2. The molecule has 0 bridgehead atoms. The van der Waals surface area contributed by atoms with Crippen LogP contribution in [0, 0.1) is 0 Å². The second kappa shape index (κ2) is 9.84.